The Morgan fingerprint density at radius 1 is 1.03 bits per heavy atom. The summed E-state index contributed by atoms with van der Waals surface area (Å²) >= 11 is 12.0. The average molecular weight is 470 g/mol. The summed E-state index contributed by atoms with van der Waals surface area (Å²) < 4.78 is 11.2. The summed E-state index contributed by atoms with van der Waals surface area (Å²) in [5.74, 6) is 0.179. The third-order valence-electron chi connectivity index (χ3n) is 4.49. The van der Waals surface area contributed by atoms with E-state index in [0.717, 1.165) is 0 Å². The van der Waals surface area contributed by atoms with Gasteiger partial charge in [-0.1, -0.05) is 61.3 Å². The van der Waals surface area contributed by atoms with Gasteiger partial charge in [-0.15, -0.1) is 0 Å². The van der Waals surface area contributed by atoms with Crippen molar-refractivity contribution < 1.29 is 14.3 Å². The van der Waals surface area contributed by atoms with E-state index in [1.165, 1.54) is 0 Å². The number of anilines is 1. The van der Waals surface area contributed by atoms with Gasteiger partial charge in [-0.2, -0.15) is 5.26 Å². The van der Waals surface area contributed by atoms with Crippen LogP contribution in [-0.2, 0) is 9.53 Å². The molecule has 3 aromatic rings. The maximum atomic E-state index is 12.9. The molecular formula is C24H21Cl2N3O3. The zero-order valence-electron chi connectivity index (χ0n) is 17.5. The first-order valence-electron chi connectivity index (χ1n) is 9.89. The highest BCUT2D eigenvalue weighted by molar-refractivity contribution is 6.42. The number of pyridine rings is 1. The van der Waals surface area contributed by atoms with E-state index in [0.29, 0.717) is 27.4 Å². The SMILES string of the molecule is CC(C)C(Nc1ccc(Cl)c(Cl)c1)C(=O)OC(C#N)c1cccc(Oc2ccccc2)n1. The van der Waals surface area contributed by atoms with E-state index < -0.39 is 18.1 Å². The molecule has 3 rings (SSSR count). The second-order valence-electron chi connectivity index (χ2n) is 7.26. The van der Waals surface area contributed by atoms with Crippen molar-refractivity contribution in [2.75, 3.05) is 5.32 Å². The van der Waals surface area contributed by atoms with Crippen molar-refractivity contribution in [3.05, 3.63) is 82.5 Å². The molecule has 8 heteroatoms. The van der Waals surface area contributed by atoms with Crippen molar-refractivity contribution in [2.24, 2.45) is 5.92 Å². The monoisotopic (exact) mass is 469 g/mol. The van der Waals surface area contributed by atoms with Crippen LogP contribution in [0.1, 0.15) is 25.6 Å². The second-order valence-corrected chi connectivity index (χ2v) is 8.07. The van der Waals surface area contributed by atoms with Gasteiger partial charge in [0.15, 0.2) is 0 Å². The number of nitriles is 1. The fraction of sp³-hybridized carbons (Fsp3) is 0.208. The van der Waals surface area contributed by atoms with Crippen LogP contribution in [0.5, 0.6) is 11.6 Å². The highest BCUT2D eigenvalue weighted by atomic mass is 35.5. The summed E-state index contributed by atoms with van der Waals surface area (Å²) in [7, 11) is 0. The summed E-state index contributed by atoms with van der Waals surface area (Å²) in [6, 6.07) is 20.3. The maximum Gasteiger partial charge on any atom is 0.330 e. The van der Waals surface area contributed by atoms with Gasteiger partial charge in [-0.05, 0) is 42.3 Å². The third kappa shape index (κ3) is 6.13. The Kier molecular flexibility index (Phi) is 7.93. The van der Waals surface area contributed by atoms with Crippen molar-refractivity contribution in [2.45, 2.75) is 26.0 Å². The number of benzene rings is 2. The van der Waals surface area contributed by atoms with Crippen molar-refractivity contribution in [1.82, 2.24) is 4.98 Å². The van der Waals surface area contributed by atoms with Crippen LogP contribution in [0.2, 0.25) is 10.0 Å². The lowest BCUT2D eigenvalue weighted by molar-refractivity contribution is -0.149. The molecule has 0 aliphatic carbocycles. The third-order valence-corrected chi connectivity index (χ3v) is 5.23. The van der Waals surface area contributed by atoms with Crippen LogP contribution < -0.4 is 10.1 Å². The number of nitrogens with zero attached hydrogens (tertiary/aromatic N) is 2. The minimum atomic E-state index is -1.20. The summed E-state index contributed by atoms with van der Waals surface area (Å²) in [5.41, 5.74) is 0.881. The van der Waals surface area contributed by atoms with Crippen LogP contribution in [0.3, 0.4) is 0 Å². The number of nitrogens with one attached hydrogen (secondary N) is 1. The van der Waals surface area contributed by atoms with Gasteiger partial charge in [-0.25, -0.2) is 9.78 Å². The number of halogens is 2. The Morgan fingerprint density at radius 3 is 2.44 bits per heavy atom. The highest BCUT2D eigenvalue weighted by Crippen LogP contribution is 2.27. The fourth-order valence-electron chi connectivity index (χ4n) is 2.85. The second kappa shape index (κ2) is 10.9. The zero-order chi connectivity index (χ0) is 23.1. The number of carbonyl (C=O) groups excluding carboxylic acids is 1. The lowest BCUT2D eigenvalue weighted by Gasteiger charge is -2.23. The Hall–Kier alpha value is -3.27. The van der Waals surface area contributed by atoms with Crippen LogP contribution in [0, 0.1) is 17.2 Å². The predicted octanol–water partition coefficient (Wildman–Crippen LogP) is 6.43. The quantitative estimate of drug-likeness (QED) is 0.382. The van der Waals surface area contributed by atoms with Crippen molar-refractivity contribution in [1.29, 1.82) is 5.26 Å². The van der Waals surface area contributed by atoms with E-state index in [1.54, 1.807) is 48.5 Å². The summed E-state index contributed by atoms with van der Waals surface area (Å²) in [4.78, 5) is 17.2. The minimum Gasteiger partial charge on any atom is -0.439 e. The summed E-state index contributed by atoms with van der Waals surface area (Å²) in [6.45, 7) is 3.73. The van der Waals surface area contributed by atoms with Crippen LogP contribution >= 0.6 is 23.2 Å². The number of rotatable bonds is 8. The fourth-order valence-corrected chi connectivity index (χ4v) is 3.15. The smallest absolute Gasteiger partial charge is 0.330 e. The molecular weight excluding hydrogens is 449 g/mol. The van der Waals surface area contributed by atoms with Crippen molar-refractivity contribution >= 4 is 34.9 Å². The van der Waals surface area contributed by atoms with Crippen molar-refractivity contribution in [3.63, 3.8) is 0 Å². The molecule has 0 aliphatic heterocycles. The molecule has 1 heterocycles. The van der Waals surface area contributed by atoms with Crippen LogP contribution in [0.15, 0.2) is 66.7 Å². The number of hydrogen-bond acceptors (Lipinski definition) is 6. The van der Waals surface area contributed by atoms with Gasteiger partial charge in [0.2, 0.25) is 12.0 Å². The first-order chi connectivity index (χ1) is 15.4. The first kappa shape index (κ1) is 23.4. The molecule has 6 nitrogen and oxygen atoms in total. The number of hydrogen-bond donors (Lipinski definition) is 1. The molecule has 0 radical (unpaired) electrons. The van der Waals surface area contributed by atoms with E-state index >= 15 is 0 Å². The van der Waals surface area contributed by atoms with Crippen LogP contribution in [-0.4, -0.2) is 17.0 Å². The Labute approximate surface area is 196 Å². The highest BCUT2D eigenvalue weighted by Gasteiger charge is 2.28. The summed E-state index contributed by atoms with van der Waals surface area (Å²) in [6.07, 6.45) is -1.20. The first-order valence-corrected chi connectivity index (χ1v) is 10.6. The lowest BCUT2D eigenvalue weighted by atomic mass is 10.0. The minimum absolute atomic E-state index is 0.128. The van der Waals surface area contributed by atoms with Crippen LogP contribution in [0.4, 0.5) is 5.69 Å². The zero-order valence-corrected chi connectivity index (χ0v) is 19.0. The van der Waals surface area contributed by atoms with E-state index in [9.17, 15) is 10.1 Å². The van der Waals surface area contributed by atoms with E-state index in [4.69, 9.17) is 32.7 Å². The van der Waals surface area contributed by atoms with Gasteiger partial charge in [0.1, 0.15) is 17.9 Å². The number of esters is 1. The van der Waals surface area contributed by atoms with Gasteiger partial charge in [0.05, 0.1) is 15.7 Å². The molecule has 1 aromatic heterocycles. The van der Waals surface area contributed by atoms with E-state index in [1.807, 2.05) is 38.1 Å². The molecule has 0 bridgehead atoms. The number of aromatic nitrogens is 1. The molecule has 2 aromatic carbocycles. The van der Waals surface area contributed by atoms with Gasteiger partial charge >= 0.3 is 5.97 Å². The molecule has 0 spiro atoms. The largest absolute Gasteiger partial charge is 0.439 e. The van der Waals surface area contributed by atoms with Gasteiger partial charge < -0.3 is 14.8 Å². The normalized spacial score (nSPS) is 12.5. The van der Waals surface area contributed by atoms with Gasteiger partial charge in [0.25, 0.3) is 0 Å². The number of ether oxygens (including phenoxy) is 2. The molecule has 32 heavy (non-hydrogen) atoms. The number of para-hydroxylation sites is 1. The molecule has 0 fully saturated rings. The molecule has 2 atom stereocenters. The van der Waals surface area contributed by atoms with E-state index in [-0.39, 0.29) is 11.6 Å². The average Bonchev–Trinajstić information content (AvgIpc) is 2.78. The number of carbonyl (C=O) groups is 1. The topological polar surface area (TPSA) is 84.2 Å². The molecule has 2 unspecified atom stereocenters. The molecule has 0 aliphatic rings. The molecule has 0 saturated carbocycles. The molecule has 164 valence electrons. The van der Waals surface area contributed by atoms with Gasteiger partial charge in [-0.3, -0.25) is 0 Å². The standard InChI is InChI=1S/C24H21Cl2N3O3/c1-15(2)23(28-16-11-12-18(25)19(26)13-16)24(30)32-21(14-27)20-9-6-10-22(29-20)31-17-7-4-3-5-8-17/h3-13,15,21,23,28H,1-2H3. The molecule has 0 amide bonds. The Balaban J connectivity index is 1.74. The molecule has 0 saturated heterocycles. The predicted molar refractivity (Wildman–Crippen MR) is 124 cm³/mol. The maximum absolute atomic E-state index is 12.9. The lowest BCUT2D eigenvalue weighted by Crippen LogP contribution is -2.36. The summed E-state index contributed by atoms with van der Waals surface area (Å²) in [5, 5.41) is 13.5. The van der Waals surface area contributed by atoms with E-state index in [2.05, 4.69) is 10.3 Å². The van der Waals surface area contributed by atoms with Gasteiger partial charge in [0, 0.05) is 11.8 Å². The Morgan fingerprint density at radius 2 is 1.78 bits per heavy atom. The van der Waals surface area contributed by atoms with Crippen molar-refractivity contribution in [3.8, 4) is 17.7 Å². The van der Waals surface area contributed by atoms with Crippen LogP contribution in [0.25, 0.3) is 0 Å². The molecule has 1 N–H and O–H groups in total. The Bertz CT molecular complexity index is 1120.